The van der Waals surface area contributed by atoms with Crippen LogP contribution in [0.4, 0.5) is 34.1 Å². The molecule has 110 heavy (non-hydrogen) atoms. The van der Waals surface area contributed by atoms with Gasteiger partial charge in [0.15, 0.2) is 0 Å². The van der Waals surface area contributed by atoms with E-state index in [9.17, 15) is 0 Å². The maximum atomic E-state index is 2.71. The van der Waals surface area contributed by atoms with Crippen LogP contribution < -0.4 is 26.2 Å². The van der Waals surface area contributed by atoms with Crippen LogP contribution in [0.3, 0.4) is 0 Å². The van der Waals surface area contributed by atoms with Gasteiger partial charge in [0.25, 0.3) is 6.71 Å². The summed E-state index contributed by atoms with van der Waals surface area (Å²) in [7, 11) is 0. The van der Waals surface area contributed by atoms with E-state index in [1.807, 2.05) is 0 Å². The first-order chi connectivity index (χ1) is 52.7. The lowest BCUT2D eigenvalue weighted by Crippen LogP contribution is -2.61. The zero-order chi connectivity index (χ0) is 75.9. The largest absolute Gasteiger partial charge is 0.311 e. The van der Waals surface area contributed by atoms with Crippen molar-refractivity contribution in [3.05, 3.63) is 353 Å². The molecule has 0 fully saturated rings. The van der Waals surface area contributed by atoms with Gasteiger partial charge in [-0.1, -0.05) is 322 Å². The fraction of sp³-hybridized carbons (Fsp3) is 0.200. The van der Waals surface area contributed by atoms with Gasteiger partial charge in [0.05, 0.1) is 38.9 Å². The van der Waals surface area contributed by atoms with Crippen LogP contribution in [-0.4, -0.2) is 15.8 Å². The molecule has 3 aliphatic rings. The molecule has 14 aromatic carbocycles. The molecule has 0 N–H and O–H groups in total. The van der Waals surface area contributed by atoms with E-state index in [-0.39, 0.29) is 33.8 Å². The molecule has 19 rings (SSSR count). The Morgan fingerprint density at radius 3 is 1.11 bits per heavy atom. The highest BCUT2D eigenvalue weighted by molar-refractivity contribution is 7.00. The van der Waals surface area contributed by atoms with Crippen LogP contribution in [0.2, 0.25) is 0 Å². The quantitative estimate of drug-likeness (QED) is 0.141. The number of anilines is 6. The van der Waals surface area contributed by atoms with Gasteiger partial charge in [0.1, 0.15) is 0 Å². The van der Waals surface area contributed by atoms with E-state index in [1.165, 1.54) is 149 Å². The second-order valence-electron chi connectivity index (χ2n) is 36.5. The van der Waals surface area contributed by atoms with Crippen molar-refractivity contribution in [2.24, 2.45) is 0 Å². The number of aromatic nitrogens is 2. The van der Waals surface area contributed by atoms with Gasteiger partial charge in [-0.15, -0.1) is 0 Å². The van der Waals surface area contributed by atoms with Gasteiger partial charge in [0, 0.05) is 66.8 Å². The Hall–Kier alpha value is -11.7. The molecule has 0 spiro atoms. The van der Waals surface area contributed by atoms with E-state index in [0.29, 0.717) is 0 Å². The molecular formula is C105H95BN4. The highest BCUT2D eigenvalue weighted by Gasteiger charge is 2.49. The van der Waals surface area contributed by atoms with Gasteiger partial charge in [-0.25, -0.2) is 0 Å². The second-order valence-corrected chi connectivity index (χ2v) is 36.5. The molecule has 4 nitrogen and oxygen atoms in total. The van der Waals surface area contributed by atoms with E-state index < -0.39 is 5.41 Å². The summed E-state index contributed by atoms with van der Waals surface area (Å²) in [6.45, 7) is 35.0. The Labute approximate surface area is 650 Å². The number of rotatable bonds is 8. The van der Waals surface area contributed by atoms with Crippen LogP contribution >= 0.6 is 0 Å². The molecule has 0 bridgehead atoms. The van der Waals surface area contributed by atoms with Crippen molar-refractivity contribution in [3.8, 4) is 44.8 Å². The molecule has 5 heteroatoms. The van der Waals surface area contributed by atoms with Crippen molar-refractivity contribution in [2.45, 2.75) is 136 Å². The van der Waals surface area contributed by atoms with E-state index in [1.54, 1.807) is 0 Å². The van der Waals surface area contributed by atoms with Crippen LogP contribution in [0.25, 0.3) is 88.4 Å². The molecule has 0 saturated heterocycles. The third-order valence-electron chi connectivity index (χ3n) is 24.6. The summed E-state index contributed by atoms with van der Waals surface area (Å²) in [6, 6.07) is 118. The summed E-state index contributed by atoms with van der Waals surface area (Å²) in [4.78, 5) is 5.41. The standard InChI is InChI=1S/C105H95BN4/c1-100(2,3)68-46-42-66(43-47-68)82-60-72(102(7,8)9)50-57-90(82)109-93-64-75(107-87-39-27-23-35-78(87)79-36-24-28-40-88(79)107)52-55-85(93)106-86-56-53-76(65-94(86)110(96-63-74(104(13,14)15)62-95(109)99(96)106)91-58-51-73(103(10,11)12)61-83(91)67-44-48-69(49-45-67)101(4,5)6)108-89-41-29-25-37-81(89)97-92(108)59-54-80-77-34-22-26-38-84(77)105(98(80)97,70-30-18-16-19-31-70)71-32-20-17-21-33-71/h16-65H,1-15H3. The Balaban J connectivity index is 0.942. The molecule has 0 amide bonds. The lowest BCUT2D eigenvalue weighted by Gasteiger charge is -2.46. The van der Waals surface area contributed by atoms with Gasteiger partial charge in [-0.3, -0.25) is 0 Å². The number of nitrogens with zero attached hydrogens (tertiary/aromatic N) is 4. The smallest absolute Gasteiger partial charge is 0.252 e. The van der Waals surface area contributed by atoms with Crippen molar-refractivity contribution < 1.29 is 0 Å². The minimum atomic E-state index is -0.627. The van der Waals surface area contributed by atoms with Gasteiger partial charge in [-0.05, 0) is 201 Å². The number of hydrogen-bond donors (Lipinski definition) is 0. The zero-order valence-corrected chi connectivity index (χ0v) is 66.2. The van der Waals surface area contributed by atoms with Crippen LogP contribution in [0.5, 0.6) is 0 Å². The lowest BCUT2D eigenvalue weighted by atomic mass is 9.33. The Bertz CT molecular complexity index is 6320. The average Bonchev–Trinajstić information content (AvgIpc) is 1.57. The average molecular weight is 1420 g/mol. The first-order valence-corrected chi connectivity index (χ1v) is 39.6. The van der Waals surface area contributed by atoms with Gasteiger partial charge in [0.2, 0.25) is 0 Å². The number of fused-ring (bicyclic) bond motifs is 14. The van der Waals surface area contributed by atoms with Gasteiger partial charge < -0.3 is 18.9 Å². The third-order valence-corrected chi connectivity index (χ3v) is 24.6. The van der Waals surface area contributed by atoms with Crippen molar-refractivity contribution >= 4 is 101 Å². The normalized spacial score (nSPS) is 14.0. The monoisotopic (exact) mass is 1420 g/mol. The lowest BCUT2D eigenvalue weighted by molar-refractivity contribution is 0.589. The fourth-order valence-corrected chi connectivity index (χ4v) is 18.8. The zero-order valence-electron chi connectivity index (χ0n) is 66.2. The molecule has 2 aromatic heterocycles. The summed E-state index contributed by atoms with van der Waals surface area (Å²) >= 11 is 0. The van der Waals surface area contributed by atoms with Gasteiger partial charge >= 0.3 is 0 Å². The molecule has 538 valence electrons. The molecule has 4 heterocycles. The second kappa shape index (κ2) is 24.7. The molecule has 2 aliphatic heterocycles. The number of hydrogen-bond acceptors (Lipinski definition) is 2. The maximum Gasteiger partial charge on any atom is 0.252 e. The van der Waals surface area contributed by atoms with E-state index in [0.717, 1.165) is 39.6 Å². The highest BCUT2D eigenvalue weighted by atomic mass is 15.2. The Morgan fingerprint density at radius 1 is 0.264 bits per heavy atom. The molecule has 1 aliphatic carbocycles. The molecule has 0 atom stereocenters. The Morgan fingerprint density at radius 2 is 0.655 bits per heavy atom. The van der Waals surface area contributed by atoms with E-state index in [4.69, 9.17) is 0 Å². The number of para-hydroxylation sites is 3. The maximum absolute atomic E-state index is 2.71. The van der Waals surface area contributed by atoms with E-state index >= 15 is 0 Å². The third kappa shape index (κ3) is 10.6. The summed E-state index contributed by atoms with van der Waals surface area (Å²) in [5, 5.41) is 4.97. The van der Waals surface area contributed by atoms with Crippen LogP contribution in [0.1, 0.15) is 154 Å². The van der Waals surface area contributed by atoms with Crippen LogP contribution in [0.15, 0.2) is 303 Å². The van der Waals surface area contributed by atoms with Crippen molar-refractivity contribution in [1.82, 2.24) is 9.13 Å². The topological polar surface area (TPSA) is 16.3 Å². The van der Waals surface area contributed by atoms with Gasteiger partial charge in [-0.2, -0.15) is 0 Å². The number of benzene rings is 14. The highest BCUT2D eigenvalue weighted by Crippen LogP contribution is 2.60. The summed E-state index contributed by atoms with van der Waals surface area (Å²) < 4.78 is 5.10. The predicted molar refractivity (Wildman–Crippen MR) is 471 cm³/mol. The van der Waals surface area contributed by atoms with Crippen LogP contribution in [0, 0.1) is 0 Å². The Kier molecular flexibility index (Phi) is 15.4. The van der Waals surface area contributed by atoms with Crippen molar-refractivity contribution in [3.63, 3.8) is 0 Å². The summed E-state index contributed by atoms with van der Waals surface area (Å²) in [6.07, 6.45) is 0. The van der Waals surface area contributed by atoms with Crippen molar-refractivity contribution in [1.29, 1.82) is 0 Å². The minimum absolute atomic E-state index is 0.0221. The SMILES string of the molecule is CC(C)(C)c1ccc(-c2cc(C(C)(C)C)ccc2N2c3cc(-n4c5ccccc5c5ccccc54)ccc3B3c4ccc(-n5c6ccccc6c6c7c(ccc65)-c5ccccc5C7(c5ccccc5)c5ccccc5)cc4N(c4ccc(C(C)(C)C)cc4-c4ccc(C(C)(C)C)cc4)c4cc(C(C)(C)C)cc2c43)cc1. The predicted octanol–water partition coefficient (Wildman–Crippen LogP) is 26.1. The summed E-state index contributed by atoms with van der Waals surface area (Å²) in [5.74, 6) is 0. The molecular weight excluding hydrogens is 1330 g/mol. The molecule has 0 saturated carbocycles. The van der Waals surface area contributed by atoms with Crippen molar-refractivity contribution in [2.75, 3.05) is 9.80 Å². The fourth-order valence-electron chi connectivity index (χ4n) is 18.8. The van der Waals surface area contributed by atoms with E-state index in [2.05, 4.69) is 426 Å². The first kappa shape index (κ1) is 68.8. The molecule has 0 radical (unpaired) electrons. The summed E-state index contributed by atoms with van der Waals surface area (Å²) in [5.41, 5.74) is 35.2. The van der Waals surface area contributed by atoms with Crippen LogP contribution in [-0.2, 0) is 32.5 Å². The molecule has 0 unspecified atom stereocenters. The molecule has 16 aromatic rings. The minimum Gasteiger partial charge on any atom is -0.311 e. The first-order valence-electron chi connectivity index (χ1n) is 39.6.